The standard InChI is InChI=1S/C71H120ClF3N12O/c1-14-51(6)65-44-80-64(41-49(2)3)53(8)79-45-66-67(69(88)85-37-20-21-38-85)56(11)87(66)68(50(4)5)54(9)82-70(31-18-19-32-70)48-77-35-34-76-33-30-59(28-26-58-27-29-62(63(72)43-58)71(73,74)75)78-36-40-83(12)46-61(42-57-23-16-15-17-24-57)84(13)47-60-25-22-39-86(60)55(10)52(7)81-65/h27,29-30,33,36,40,43,46-47,49-57,64-68,77-82H,14-26,28,31-32,34-35,37-39,41-42,44-45,48H2,1-13H3/t51-,52?,53?,54?,55-,56?,64-,65+,66?,67+,68-/m0/s1. The van der Waals surface area contributed by atoms with Crippen molar-refractivity contribution in [3.8, 4) is 0 Å². The smallest absolute Gasteiger partial charge is 0.369 e. The van der Waals surface area contributed by atoms with E-state index < -0.39 is 11.7 Å². The molecule has 4 heterocycles. The second-order valence-corrected chi connectivity index (χ2v) is 29.1. The highest BCUT2D eigenvalue weighted by atomic mass is 35.5. The summed E-state index contributed by atoms with van der Waals surface area (Å²) >= 11 is 6.20. The van der Waals surface area contributed by atoms with E-state index in [2.05, 4.69) is 159 Å². The summed E-state index contributed by atoms with van der Waals surface area (Å²) < 4.78 is 41.0. The summed E-state index contributed by atoms with van der Waals surface area (Å²) in [5, 5.41) is 23.9. The molecule has 2 aliphatic carbocycles. The van der Waals surface area contributed by atoms with Gasteiger partial charge in [-0.05, 0) is 146 Å². The van der Waals surface area contributed by atoms with Crippen LogP contribution in [-0.4, -0.2) is 163 Å². The maximum atomic E-state index is 14.7. The second-order valence-electron chi connectivity index (χ2n) is 28.7. The van der Waals surface area contributed by atoms with Crippen molar-refractivity contribution in [1.29, 1.82) is 0 Å². The Bertz CT molecular complexity index is 2450. The van der Waals surface area contributed by atoms with Crippen LogP contribution in [0.4, 0.5) is 13.2 Å². The molecule has 11 atom stereocenters. The molecule has 0 bridgehead atoms. The van der Waals surface area contributed by atoms with E-state index in [1.165, 1.54) is 68.5 Å². The van der Waals surface area contributed by atoms with Gasteiger partial charge in [-0.2, -0.15) is 13.2 Å². The largest absolute Gasteiger partial charge is 0.417 e. The number of hydrogen-bond acceptors (Lipinski definition) is 12. The van der Waals surface area contributed by atoms with Crippen molar-refractivity contribution >= 4 is 23.7 Å². The van der Waals surface area contributed by atoms with E-state index in [1.807, 2.05) is 24.7 Å². The Labute approximate surface area is 536 Å². The normalized spacial score (nSPS) is 30.1. The van der Waals surface area contributed by atoms with Crippen molar-refractivity contribution < 1.29 is 18.0 Å². The van der Waals surface area contributed by atoms with Crippen molar-refractivity contribution in [3.05, 3.63) is 82.3 Å². The Kier molecular flexibility index (Phi) is 28.0. The van der Waals surface area contributed by atoms with Gasteiger partial charge in [0.2, 0.25) is 5.91 Å². The van der Waals surface area contributed by atoms with E-state index in [-0.39, 0.29) is 70.9 Å². The lowest BCUT2D eigenvalue weighted by molar-refractivity contribution is -0.160. The van der Waals surface area contributed by atoms with Gasteiger partial charge < -0.3 is 51.5 Å². The first kappa shape index (κ1) is 71.8. The number of likely N-dealkylation sites (tertiary alicyclic amines) is 1. The molecule has 4 aliphatic heterocycles. The molecule has 1 aromatic rings. The topological polar surface area (TPSA) is 118 Å². The van der Waals surface area contributed by atoms with Crippen LogP contribution in [0.5, 0.6) is 0 Å². The number of alkyl halides is 3. The summed E-state index contributed by atoms with van der Waals surface area (Å²) in [5.41, 5.74) is 3.43. The number of halogens is 4. The second kappa shape index (κ2) is 34.3. The monoisotopic (exact) mass is 1250 g/mol. The third kappa shape index (κ3) is 20.2. The Morgan fingerprint density at radius 2 is 1.57 bits per heavy atom. The number of hydrogen-bond donors (Lipinski definition) is 6. The molecule has 3 saturated heterocycles. The van der Waals surface area contributed by atoms with Crippen molar-refractivity contribution in [2.45, 2.75) is 258 Å². The average molecular weight is 1250 g/mol. The molecule has 6 N–H and O–H groups in total. The van der Waals surface area contributed by atoms with E-state index in [0.29, 0.717) is 49.0 Å². The van der Waals surface area contributed by atoms with Crippen LogP contribution < -0.4 is 31.9 Å². The minimum atomic E-state index is -4.51. The Balaban J connectivity index is 1.18. The molecule has 1 amide bonds. The van der Waals surface area contributed by atoms with Crippen LogP contribution >= 0.6 is 11.6 Å². The number of aryl methyl sites for hydroxylation is 1. The first-order valence-corrected chi connectivity index (χ1v) is 35.2. The van der Waals surface area contributed by atoms with E-state index in [0.717, 1.165) is 121 Å². The molecule has 1 spiro atoms. The van der Waals surface area contributed by atoms with Crippen LogP contribution in [0.25, 0.3) is 0 Å². The van der Waals surface area contributed by atoms with E-state index in [4.69, 9.17) is 16.6 Å². The third-order valence-electron chi connectivity index (χ3n) is 21.2. The number of nitrogens with one attached hydrogen (secondary N) is 6. The minimum absolute atomic E-state index is 0.0469. The van der Waals surface area contributed by atoms with Gasteiger partial charge in [0, 0.05) is 168 Å². The highest BCUT2D eigenvalue weighted by Crippen LogP contribution is 2.41. The molecular weight excluding hydrogens is 1130 g/mol. The lowest BCUT2D eigenvalue weighted by atomic mass is 9.74. The molecule has 0 aromatic heterocycles. The number of allylic oxidation sites excluding steroid dienone is 4. The number of aliphatic imine (C=N–C) groups is 1. The van der Waals surface area contributed by atoms with Crippen LogP contribution in [-0.2, 0) is 17.4 Å². The molecule has 6 aliphatic rings. The molecule has 88 heavy (non-hydrogen) atoms. The Hall–Kier alpha value is -3.64. The molecule has 498 valence electrons. The SMILES string of the molecule is CC[C@H](C)[C@H]1CN[C@@H](CC(C)C)C(C)NCC2[C@H](C(=O)N3CCCC3)C(C)N2[C@@H](C(C)C)C(C)NC2(CCCC2)CNCCN=CC=C(CCc2ccc(C(F)(F)F)c(Cl)c2)NC=CN(C)C=C(CC2CCCCC2)N(C)C=C2CCCN2[C@@H](C)C(C)N1. The zero-order valence-electron chi connectivity index (χ0n) is 56.8. The first-order chi connectivity index (χ1) is 42.0. The molecule has 2 saturated carbocycles. The first-order valence-electron chi connectivity index (χ1n) is 34.9. The molecular formula is C71H120ClF3N12O. The van der Waals surface area contributed by atoms with E-state index in [9.17, 15) is 18.0 Å². The Morgan fingerprint density at radius 1 is 0.841 bits per heavy atom. The average Bonchev–Trinajstić information content (AvgIpc) is 0.979. The van der Waals surface area contributed by atoms with Crippen LogP contribution in [0.2, 0.25) is 5.02 Å². The van der Waals surface area contributed by atoms with Crippen molar-refractivity contribution in [2.24, 2.45) is 34.6 Å². The van der Waals surface area contributed by atoms with Crippen LogP contribution in [0.1, 0.15) is 196 Å². The fourth-order valence-electron chi connectivity index (χ4n) is 15.7. The molecule has 13 nitrogen and oxygen atoms in total. The molecule has 0 radical (unpaired) electrons. The van der Waals surface area contributed by atoms with Crippen molar-refractivity contribution in [2.75, 3.05) is 66.5 Å². The predicted octanol–water partition coefficient (Wildman–Crippen LogP) is 12.9. The highest BCUT2D eigenvalue weighted by Gasteiger charge is 2.55. The third-order valence-corrected chi connectivity index (χ3v) is 21.5. The number of fused-ring (bicyclic) bond motifs is 2. The highest BCUT2D eigenvalue weighted by molar-refractivity contribution is 6.31. The maximum absolute atomic E-state index is 14.7. The fourth-order valence-corrected chi connectivity index (χ4v) is 16.0. The van der Waals surface area contributed by atoms with Gasteiger partial charge >= 0.3 is 6.18 Å². The molecule has 5 fully saturated rings. The van der Waals surface area contributed by atoms with Crippen LogP contribution in [0.3, 0.4) is 0 Å². The van der Waals surface area contributed by atoms with Gasteiger partial charge in [0.05, 0.1) is 23.0 Å². The maximum Gasteiger partial charge on any atom is 0.417 e. The molecule has 17 heteroatoms. The zero-order valence-corrected chi connectivity index (χ0v) is 57.5. The summed E-state index contributed by atoms with van der Waals surface area (Å²) in [6, 6.07) is 5.97. The number of amides is 1. The van der Waals surface area contributed by atoms with Crippen molar-refractivity contribution in [3.63, 3.8) is 0 Å². The quantitative estimate of drug-likeness (QED) is 0.127. The lowest BCUT2D eigenvalue weighted by Crippen LogP contribution is -2.76. The van der Waals surface area contributed by atoms with Gasteiger partial charge in [0.25, 0.3) is 0 Å². The van der Waals surface area contributed by atoms with Gasteiger partial charge in [0.15, 0.2) is 0 Å². The van der Waals surface area contributed by atoms with E-state index in [1.54, 1.807) is 0 Å². The predicted molar refractivity (Wildman–Crippen MR) is 361 cm³/mol. The number of carbonyl (C=O) groups excluding carboxylic acids is 1. The van der Waals surface area contributed by atoms with E-state index >= 15 is 0 Å². The van der Waals surface area contributed by atoms with Gasteiger partial charge in [-0.1, -0.05) is 111 Å². The lowest BCUT2D eigenvalue weighted by Gasteiger charge is -2.60. The number of carbonyl (C=O) groups is 1. The molecule has 1 aromatic carbocycles. The van der Waals surface area contributed by atoms with Gasteiger partial charge in [-0.15, -0.1) is 0 Å². The number of nitrogens with zero attached hydrogens (tertiary/aromatic N) is 6. The summed E-state index contributed by atoms with van der Waals surface area (Å²) in [5.74, 6) is 2.30. The summed E-state index contributed by atoms with van der Waals surface area (Å²) in [4.78, 5) is 31.6. The summed E-state index contributed by atoms with van der Waals surface area (Å²) in [6.45, 7) is 32.7. The minimum Gasteiger partial charge on any atom is -0.369 e. The number of benzene rings is 1. The number of rotatable bonds is 11. The zero-order chi connectivity index (χ0) is 63.7. The van der Waals surface area contributed by atoms with Crippen LogP contribution in [0.15, 0.2) is 71.2 Å². The molecule has 7 rings (SSSR count). The van der Waals surface area contributed by atoms with Crippen molar-refractivity contribution in [1.82, 2.24) is 56.4 Å². The Morgan fingerprint density at radius 3 is 2.24 bits per heavy atom. The van der Waals surface area contributed by atoms with Gasteiger partial charge in [-0.25, -0.2) is 0 Å². The van der Waals surface area contributed by atoms with Gasteiger partial charge in [0.1, 0.15) is 0 Å². The summed E-state index contributed by atoms with van der Waals surface area (Å²) in [6.07, 6.45) is 27.6. The van der Waals surface area contributed by atoms with Crippen LogP contribution in [0, 0.1) is 29.6 Å². The fraction of sp³-hybridized carbons (Fsp3) is 0.775. The molecule has 5 unspecified atom stereocenters. The van der Waals surface area contributed by atoms with Gasteiger partial charge in [-0.3, -0.25) is 14.7 Å². The summed E-state index contributed by atoms with van der Waals surface area (Å²) in [7, 11) is 4.32.